The van der Waals surface area contributed by atoms with Crippen LogP contribution in [0.5, 0.6) is 0 Å². The minimum atomic E-state index is -1.53. The molecule has 164 valence electrons. The van der Waals surface area contributed by atoms with E-state index in [0.29, 0.717) is 12.3 Å². The normalized spacial score (nSPS) is 23.1. The van der Waals surface area contributed by atoms with Gasteiger partial charge in [0.2, 0.25) is 0 Å². The molecule has 2 aliphatic rings. The lowest BCUT2D eigenvalue weighted by Crippen LogP contribution is -2.27. The van der Waals surface area contributed by atoms with E-state index in [1.807, 2.05) is 6.07 Å². The molecule has 1 atom stereocenters. The zero-order chi connectivity index (χ0) is 22.0. The summed E-state index contributed by atoms with van der Waals surface area (Å²) in [5.74, 6) is 3.01. The van der Waals surface area contributed by atoms with E-state index in [1.54, 1.807) is 6.07 Å². The van der Waals surface area contributed by atoms with Crippen LogP contribution in [0.2, 0.25) is 0 Å². The molecule has 31 heavy (non-hydrogen) atoms. The van der Waals surface area contributed by atoms with Gasteiger partial charge in [0.1, 0.15) is 5.82 Å². The third-order valence-electron chi connectivity index (χ3n) is 7.17. The van der Waals surface area contributed by atoms with E-state index in [1.165, 1.54) is 38.5 Å². The molecule has 0 bridgehead atoms. The van der Waals surface area contributed by atoms with Crippen LogP contribution in [0, 0.1) is 52.9 Å². The zero-order valence-electron chi connectivity index (χ0n) is 17.9. The van der Waals surface area contributed by atoms with Crippen molar-refractivity contribution in [1.82, 2.24) is 0 Å². The molecule has 0 aromatic heterocycles. The fourth-order valence-electron chi connectivity index (χ4n) is 5.46. The van der Waals surface area contributed by atoms with Crippen molar-refractivity contribution in [3.63, 3.8) is 0 Å². The van der Waals surface area contributed by atoms with Gasteiger partial charge in [-0.15, -0.1) is 0 Å². The maximum atomic E-state index is 15.1. The minimum absolute atomic E-state index is 0.0211. The van der Waals surface area contributed by atoms with Crippen molar-refractivity contribution in [2.24, 2.45) is 17.8 Å². The lowest BCUT2D eigenvalue weighted by atomic mass is 9.69. The lowest BCUT2D eigenvalue weighted by molar-refractivity contribution is 0.183. The number of hydrogen-bond donors (Lipinski definition) is 0. The summed E-state index contributed by atoms with van der Waals surface area (Å²) < 4.78 is 54.9. The van der Waals surface area contributed by atoms with Crippen LogP contribution in [0.3, 0.4) is 0 Å². The minimum Gasteiger partial charge on any atom is -0.205 e. The number of fused-ring (bicyclic) bond motifs is 1. The Bertz CT molecular complexity index is 983. The van der Waals surface area contributed by atoms with Crippen molar-refractivity contribution < 1.29 is 17.6 Å². The molecule has 1 saturated carbocycles. The molecule has 1 unspecified atom stereocenters. The van der Waals surface area contributed by atoms with Crippen LogP contribution in [0.15, 0.2) is 24.3 Å². The predicted molar refractivity (Wildman–Crippen MR) is 115 cm³/mol. The van der Waals surface area contributed by atoms with Crippen LogP contribution in [-0.2, 0) is 12.8 Å². The molecule has 0 saturated heterocycles. The van der Waals surface area contributed by atoms with Crippen LogP contribution in [0.1, 0.15) is 74.1 Å². The van der Waals surface area contributed by atoms with Crippen LogP contribution in [-0.4, -0.2) is 0 Å². The Morgan fingerprint density at radius 1 is 0.839 bits per heavy atom. The molecule has 0 nitrogen and oxygen atoms in total. The van der Waals surface area contributed by atoms with Gasteiger partial charge in [0.25, 0.3) is 0 Å². The average Bonchev–Trinajstić information content (AvgIpc) is 2.77. The first-order valence-corrected chi connectivity index (χ1v) is 11.4. The quantitative estimate of drug-likeness (QED) is 0.272. The Kier molecular flexibility index (Phi) is 6.70. The Hall–Kier alpha value is -2.28. The number of rotatable bonds is 3. The molecule has 0 radical (unpaired) electrons. The Balaban J connectivity index is 1.47. The molecule has 2 aliphatic carbocycles. The predicted octanol–water partition coefficient (Wildman–Crippen LogP) is 7.35. The Morgan fingerprint density at radius 2 is 1.55 bits per heavy atom. The molecular formula is C27H28F4. The van der Waals surface area contributed by atoms with Crippen molar-refractivity contribution in [2.45, 2.75) is 64.7 Å². The Labute approximate surface area is 182 Å². The Morgan fingerprint density at radius 3 is 2.23 bits per heavy atom. The highest BCUT2D eigenvalue weighted by Crippen LogP contribution is 2.41. The van der Waals surface area contributed by atoms with Crippen LogP contribution in [0.4, 0.5) is 17.6 Å². The van der Waals surface area contributed by atoms with Gasteiger partial charge in [-0.25, -0.2) is 17.6 Å². The molecule has 1 fully saturated rings. The molecule has 2 aromatic rings. The SMILES string of the molecule is CCCC1CCC(C2CCc3c(ccc(C#Cc4cc(F)c(F)c(F)c4)c3F)C2)CC1. The summed E-state index contributed by atoms with van der Waals surface area (Å²) in [7, 11) is 0. The van der Waals surface area contributed by atoms with Crippen LogP contribution < -0.4 is 0 Å². The van der Waals surface area contributed by atoms with Gasteiger partial charge in [-0.2, -0.15) is 0 Å². The smallest absolute Gasteiger partial charge is 0.194 e. The third-order valence-corrected chi connectivity index (χ3v) is 7.17. The fourth-order valence-corrected chi connectivity index (χ4v) is 5.46. The summed E-state index contributed by atoms with van der Waals surface area (Å²) in [6.07, 6.45) is 10.5. The summed E-state index contributed by atoms with van der Waals surface area (Å²) in [6.45, 7) is 2.26. The molecule has 0 N–H and O–H groups in total. The van der Waals surface area contributed by atoms with E-state index in [4.69, 9.17) is 0 Å². The van der Waals surface area contributed by atoms with E-state index < -0.39 is 17.5 Å². The lowest BCUT2D eigenvalue weighted by Gasteiger charge is -2.36. The van der Waals surface area contributed by atoms with Gasteiger partial charge in [-0.3, -0.25) is 0 Å². The monoisotopic (exact) mass is 428 g/mol. The highest BCUT2D eigenvalue weighted by atomic mass is 19.2. The highest BCUT2D eigenvalue weighted by Gasteiger charge is 2.31. The van der Waals surface area contributed by atoms with E-state index in [9.17, 15) is 13.2 Å². The highest BCUT2D eigenvalue weighted by molar-refractivity contribution is 5.47. The van der Waals surface area contributed by atoms with Gasteiger partial charge < -0.3 is 0 Å². The van der Waals surface area contributed by atoms with E-state index >= 15 is 4.39 Å². The standard InChI is InChI=1S/C27H28F4/c1-2-3-17-4-7-19(8-5-17)21-12-13-23-22(16-21)11-10-20(26(23)30)9-6-18-14-24(28)27(31)25(29)15-18/h10-11,14-15,17,19,21H,2-5,7-8,12-13,16H2,1H3. The van der Waals surface area contributed by atoms with Crippen molar-refractivity contribution in [1.29, 1.82) is 0 Å². The molecule has 0 spiro atoms. The van der Waals surface area contributed by atoms with Crippen molar-refractivity contribution >= 4 is 0 Å². The van der Waals surface area contributed by atoms with Gasteiger partial charge in [0, 0.05) is 5.56 Å². The van der Waals surface area contributed by atoms with Gasteiger partial charge in [0.15, 0.2) is 17.5 Å². The molecule has 0 heterocycles. The van der Waals surface area contributed by atoms with Crippen LogP contribution in [0.25, 0.3) is 0 Å². The summed E-state index contributed by atoms with van der Waals surface area (Å²) in [6, 6.07) is 5.24. The second kappa shape index (κ2) is 9.47. The molecule has 4 heteroatoms. The molecule has 4 rings (SSSR count). The third kappa shape index (κ3) is 4.81. The first-order valence-electron chi connectivity index (χ1n) is 11.4. The summed E-state index contributed by atoms with van der Waals surface area (Å²) >= 11 is 0. The van der Waals surface area contributed by atoms with Crippen molar-refractivity contribution in [3.05, 3.63) is 69.8 Å². The second-order valence-electron chi connectivity index (χ2n) is 9.14. The first kappa shape index (κ1) is 21.9. The number of hydrogen-bond acceptors (Lipinski definition) is 0. The fraction of sp³-hybridized carbons (Fsp3) is 0.481. The maximum absolute atomic E-state index is 15.1. The van der Waals surface area contributed by atoms with Crippen molar-refractivity contribution in [2.75, 3.05) is 0 Å². The summed E-state index contributed by atoms with van der Waals surface area (Å²) in [5, 5.41) is 0. The maximum Gasteiger partial charge on any atom is 0.194 e. The van der Waals surface area contributed by atoms with Crippen LogP contribution >= 0.6 is 0 Å². The van der Waals surface area contributed by atoms with E-state index in [-0.39, 0.29) is 16.9 Å². The van der Waals surface area contributed by atoms with Gasteiger partial charge in [0.05, 0.1) is 5.56 Å². The molecule has 0 aliphatic heterocycles. The van der Waals surface area contributed by atoms with Gasteiger partial charge in [-0.1, -0.05) is 50.5 Å². The molecular weight excluding hydrogens is 400 g/mol. The number of benzene rings is 2. The largest absolute Gasteiger partial charge is 0.205 e. The second-order valence-corrected chi connectivity index (χ2v) is 9.14. The summed E-state index contributed by atoms with van der Waals surface area (Å²) in [5.41, 5.74) is 1.97. The molecule has 0 amide bonds. The average molecular weight is 429 g/mol. The van der Waals surface area contributed by atoms with E-state index in [2.05, 4.69) is 18.8 Å². The zero-order valence-corrected chi connectivity index (χ0v) is 17.9. The van der Waals surface area contributed by atoms with Gasteiger partial charge >= 0.3 is 0 Å². The van der Waals surface area contributed by atoms with Gasteiger partial charge in [-0.05, 0) is 79.2 Å². The number of halogens is 4. The first-order chi connectivity index (χ1) is 15.0. The van der Waals surface area contributed by atoms with Crippen molar-refractivity contribution in [3.8, 4) is 11.8 Å². The summed E-state index contributed by atoms with van der Waals surface area (Å²) in [4.78, 5) is 0. The topological polar surface area (TPSA) is 0 Å². The van der Waals surface area contributed by atoms with E-state index in [0.717, 1.165) is 47.9 Å². The molecule has 2 aromatic carbocycles.